The van der Waals surface area contributed by atoms with Crippen LogP contribution >= 0.6 is 23.2 Å². The number of rotatable bonds is 14. The Morgan fingerprint density at radius 3 is 2.07 bits per heavy atom. The predicted molar refractivity (Wildman–Crippen MR) is 183 cm³/mol. The van der Waals surface area contributed by atoms with Gasteiger partial charge in [0.05, 0.1) is 27.7 Å². The van der Waals surface area contributed by atoms with Crippen molar-refractivity contribution in [1.29, 1.82) is 0 Å². The van der Waals surface area contributed by atoms with Crippen LogP contribution in [0.15, 0.2) is 108 Å². The molecule has 242 valence electrons. The molecule has 2 amide bonds. The summed E-state index contributed by atoms with van der Waals surface area (Å²) in [7, 11) is -2.74. The van der Waals surface area contributed by atoms with Crippen LogP contribution in [0, 0.1) is 0 Å². The average Bonchev–Trinajstić information content (AvgIpc) is 3.07. The second-order valence-electron chi connectivity index (χ2n) is 10.8. The Balaban J connectivity index is 1.80. The minimum Gasteiger partial charge on any atom is -0.497 e. The van der Waals surface area contributed by atoms with Crippen LogP contribution in [-0.2, 0) is 32.6 Å². The molecule has 0 saturated carbocycles. The van der Waals surface area contributed by atoms with E-state index in [1.165, 1.54) is 24.1 Å². The van der Waals surface area contributed by atoms with Crippen molar-refractivity contribution in [3.8, 4) is 5.75 Å². The molecule has 4 rings (SSSR count). The van der Waals surface area contributed by atoms with E-state index in [0.717, 1.165) is 9.87 Å². The van der Waals surface area contributed by atoms with Crippen molar-refractivity contribution in [2.75, 3.05) is 18.0 Å². The highest BCUT2D eigenvalue weighted by Crippen LogP contribution is 2.27. The molecule has 46 heavy (non-hydrogen) atoms. The molecule has 0 spiro atoms. The number of nitrogens with one attached hydrogen (secondary N) is 1. The van der Waals surface area contributed by atoms with Gasteiger partial charge < -0.3 is 15.0 Å². The van der Waals surface area contributed by atoms with Crippen molar-refractivity contribution in [1.82, 2.24) is 10.2 Å². The third kappa shape index (κ3) is 8.81. The Labute approximate surface area is 280 Å². The summed E-state index contributed by atoms with van der Waals surface area (Å²) in [6.45, 7) is 3.26. The molecule has 0 radical (unpaired) electrons. The molecule has 0 fully saturated rings. The van der Waals surface area contributed by atoms with E-state index in [2.05, 4.69) is 5.32 Å². The Kier molecular flexibility index (Phi) is 12.1. The lowest BCUT2D eigenvalue weighted by atomic mass is 10.0. The molecule has 8 nitrogen and oxygen atoms in total. The first-order valence-electron chi connectivity index (χ1n) is 14.8. The first-order chi connectivity index (χ1) is 22.0. The maximum absolute atomic E-state index is 14.5. The van der Waals surface area contributed by atoms with Crippen molar-refractivity contribution >= 4 is 50.7 Å². The molecule has 2 atom stereocenters. The molecule has 11 heteroatoms. The van der Waals surface area contributed by atoms with Crippen LogP contribution in [0.25, 0.3) is 0 Å². The molecular weight excluding hydrogens is 645 g/mol. The second kappa shape index (κ2) is 16.0. The van der Waals surface area contributed by atoms with E-state index < -0.39 is 28.5 Å². The fourth-order valence-corrected chi connectivity index (χ4v) is 6.56. The molecule has 0 aliphatic rings. The number of ether oxygens (including phenoxy) is 1. The van der Waals surface area contributed by atoms with Crippen LogP contribution in [0.4, 0.5) is 5.69 Å². The average molecular weight is 683 g/mol. The van der Waals surface area contributed by atoms with Crippen LogP contribution in [0.1, 0.15) is 31.4 Å². The molecule has 0 saturated heterocycles. The van der Waals surface area contributed by atoms with E-state index in [0.29, 0.717) is 33.5 Å². The minimum atomic E-state index is -4.23. The van der Waals surface area contributed by atoms with Crippen LogP contribution in [0.3, 0.4) is 0 Å². The minimum absolute atomic E-state index is 0.0173. The normalized spacial score (nSPS) is 12.5. The van der Waals surface area contributed by atoms with Crippen molar-refractivity contribution in [2.45, 2.75) is 50.2 Å². The highest BCUT2D eigenvalue weighted by Gasteiger charge is 2.35. The van der Waals surface area contributed by atoms with Crippen LogP contribution in [0.5, 0.6) is 5.75 Å². The third-order valence-corrected chi connectivity index (χ3v) is 10.1. The molecule has 0 aliphatic heterocycles. The molecule has 4 aromatic carbocycles. The summed E-state index contributed by atoms with van der Waals surface area (Å²) >= 11 is 12.5. The molecule has 0 heterocycles. The van der Waals surface area contributed by atoms with E-state index in [4.69, 9.17) is 27.9 Å². The van der Waals surface area contributed by atoms with Crippen LogP contribution in [0.2, 0.25) is 10.0 Å². The smallest absolute Gasteiger partial charge is 0.264 e. The number of halogens is 2. The van der Waals surface area contributed by atoms with Gasteiger partial charge in [0.1, 0.15) is 18.3 Å². The summed E-state index contributed by atoms with van der Waals surface area (Å²) in [4.78, 5) is 29.8. The largest absolute Gasteiger partial charge is 0.497 e. The topological polar surface area (TPSA) is 96.0 Å². The summed E-state index contributed by atoms with van der Waals surface area (Å²) in [6.07, 6.45) is 0.888. The molecule has 0 aromatic heterocycles. The number of benzene rings is 4. The fourth-order valence-electron chi connectivity index (χ4n) is 4.83. The van der Waals surface area contributed by atoms with E-state index in [-0.39, 0.29) is 29.8 Å². The molecule has 0 bridgehead atoms. The van der Waals surface area contributed by atoms with Crippen molar-refractivity contribution in [3.63, 3.8) is 0 Å². The molecule has 0 aliphatic carbocycles. The van der Waals surface area contributed by atoms with Crippen molar-refractivity contribution < 1.29 is 22.7 Å². The fraction of sp³-hybridized carbons (Fsp3) is 0.257. The Hall–Kier alpha value is -4.05. The molecule has 4 aromatic rings. The number of amides is 2. The molecule has 0 unspecified atom stereocenters. The lowest BCUT2D eigenvalue weighted by molar-refractivity contribution is -0.140. The number of carbonyl (C=O) groups excluding carboxylic acids is 2. The van der Waals surface area contributed by atoms with Gasteiger partial charge in [-0.1, -0.05) is 84.7 Å². The number of carbonyl (C=O) groups is 2. The maximum Gasteiger partial charge on any atom is 0.264 e. The third-order valence-electron chi connectivity index (χ3n) is 7.58. The number of hydrogen-bond donors (Lipinski definition) is 1. The van der Waals surface area contributed by atoms with Gasteiger partial charge in [0, 0.05) is 19.0 Å². The van der Waals surface area contributed by atoms with Crippen LogP contribution in [-0.4, -0.2) is 50.9 Å². The summed E-state index contributed by atoms with van der Waals surface area (Å²) in [5, 5.41) is 3.66. The first kappa shape index (κ1) is 34.8. The molecular formula is C35H37Cl2N3O5S. The van der Waals surface area contributed by atoms with Gasteiger partial charge in [-0.05, 0) is 73.0 Å². The maximum atomic E-state index is 14.5. The summed E-state index contributed by atoms with van der Waals surface area (Å²) < 4.78 is 34.5. The highest BCUT2D eigenvalue weighted by atomic mass is 35.5. The van der Waals surface area contributed by atoms with Gasteiger partial charge in [0.15, 0.2) is 0 Å². The highest BCUT2D eigenvalue weighted by molar-refractivity contribution is 7.92. The van der Waals surface area contributed by atoms with Gasteiger partial charge in [-0.15, -0.1) is 0 Å². The SMILES string of the molecule is CC[C@H](C)NC(=O)[C@@H](Cc1ccccc1)N(Cc1ccc(Cl)c(Cl)c1)C(=O)CN(c1ccccc1)S(=O)(=O)c1ccc(OC)cc1. The summed E-state index contributed by atoms with van der Waals surface area (Å²) in [5.41, 5.74) is 1.76. The van der Waals surface area contributed by atoms with Gasteiger partial charge in [0.2, 0.25) is 11.8 Å². The zero-order chi connectivity index (χ0) is 33.3. The number of methoxy groups -OCH3 is 1. The number of anilines is 1. The monoisotopic (exact) mass is 681 g/mol. The van der Waals surface area contributed by atoms with Gasteiger partial charge in [-0.2, -0.15) is 0 Å². The number of hydrogen-bond acceptors (Lipinski definition) is 5. The Morgan fingerprint density at radius 1 is 0.848 bits per heavy atom. The number of sulfonamides is 1. The van der Waals surface area contributed by atoms with E-state index in [1.54, 1.807) is 60.7 Å². The van der Waals surface area contributed by atoms with E-state index in [1.807, 2.05) is 44.2 Å². The Bertz CT molecular complexity index is 1720. The quantitative estimate of drug-likeness (QED) is 0.159. The number of para-hydroxylation sites is 1. The number of nitrogens with zero attached hydrogens (tertiary/aromatic N) is 2. The van der Waals surface area contributed by atoms with Crippen molar-refractivity contribution in [2.24, 2.45) is 0 Å². The summed E-state index contributed by atoms with van der Waals surface area (Å²) in [5.74, 6) is -0.437. The zero-order valence-electron chi connectivity index (χ0n) is 25.9. The van der Waals surface area contributed by atoms with Gasteiger partial charge in [0.25, 0.3) is 10.0 Å². The lowest BCUT2D eigenvalue weighted by Crippen LogP contribution is -2.54. The second-order valence-corrected chi connectivity index (χ2v) is 13.5. The predicted octanol–water partition coefficient (Wildman–Crippen LogP) is 6.75. The molecule has 1 N–H and O–H groups in total. The van der Waals surface area contributed by atoms with Gasteiger partial charge >= 0.3 is 0 Å². The Morgan fingerprint density at radius 2 is 1.48 bits per heavy atom. The standard InChI is InChI=1S/C35H37Cl2N3O5S/c1-4-25(2)38-35(42)33(22-26-11-7-5-8-12-26)39(23-27-15-20-31(36)32(37)21-27)34(41)24-40(28-13-9-6-10-14-28)46(43,44)30-18-16-29(45-3)17-19-30/h5-21,25,33H,4,22-24H2,1-3H3,(H,38,42)/t25-,33+/m0/s1. The first-order valence-corrected chi connectivity index (χ1v) is 17.0. The van der Waals surface area contributed by atoms with Crippen molar-refractivity contribution in [3.05, 3.63) is 124 Å². The van der Waals surface area contributed by atoms with Gasteiger partial charge in [-0.25, -0.2) is 8.42 Å². The van der Waals surface area contributed by atoms with E-state index >= 15 is 0 Å². The van der Waals surface area contributed by atoms with Gasteiger partial charge in [-0.3, -0.25) is 13.9 Å². The van der Waals surface area contributed by atoms with E-state index in [9.17, 15) is 18.0 Å². The zero-order valence-corrected chi connectivity index (χ0v) is 28.2. The lowest BCUT2D eigenvalue weighted by Gasteiger charge is -2.34. The summed E-state index contributed by atoms with van der Waals surface area (Å²) in [6, 6.07) is 27.6. The van der Waals surface area contributed by atoms with Crippen LogP contribution < -0.4 is 14.4 Å².